The van der Waals surface area contributed by atoms with E-state index in [1.807, 2.05) is 0 Å². The van der Waals surface area contributed by atoms with Gasteiger partial charge in [0.25, 0.3) is 15.9 Å². The Labute approximate surface area is 193 Å². The van der Waals surface area contributed by atoms with Crippen LogP contribution in [0.3, 0.4) is 0 Å². The van der Waals surface area contributed by atoms with Crippen molar-refractivity contribution in [2.24, 2.45) is 0 Å². The molecule has 172 valence electrons. The van der Waals surface area contributed by atoms with E-state index in [0.717, 1.165) is 0 Å². The normalized spacial score (nSPS) is 18.6. The quantitative estimate of drug-likeness (QED) is 0.563. The predicted octanol–water partition coefficient (Wildman–Crippen LogP) is 3.76. The standard InChI is InChI=1S/C23H27ClN2O5S/c1-3-14-26(21-6-4-5-7-22(21)31-2)32(29,30)18-12-13-20(24)19(15-18)23(28)25-16-8-10-17(27)11-9-16/h3-7,12-13,15-17,27H,1,8-11,14H2,2H3,(H,25,28). The number of hydrogen-bond acceptors (Lipinski definition) is 5. The molecular formula is C23H27ClN2O5S. The maximum atomic E-state index is 13.5. The molecule has 2 N–H and O–H groups in total. The molecule has 0 saturated heterocycles. The van der Waals surface area contributed by atoms with E-state index in [9.17, 15) is 18.3 Å². The summed E-state index contributed by atoms with van der Waals surface area (Å²) < 4.78 is 33.6. The third-order valence-corrected chi connectivity index (χ3v) is 7.56. The monoisotopic (exact) mass is 478 g/mol. The van der Waals surface area contributed by atoms with Crippen molar-refractivity contribution in [2.75, 3.05) is 18.0 Å². The molecule has 9 heteroatoms. The lowest BCUT2D eigenvalue weighted by atomic mass is 9.93. The molecule has 1 amide bonds. The zero-order chi connectivity index (χ0) is 23.3. The van der Waals surface area contributed by atoms with Gasteiger partial charge >= 0.3 is 0 Å². The summed E-state index contributed by atoms with van der Waals surface area (Å²) in [7, 11) is -2.59. The van der Waals surface area contributed by atoms with Crippen LogP contribution in [0, 0.1) is 0 Å². The summed E-state index contributed by atoms with van der Waals surface area (Å²) in [5.41, 5.74) is 0.439. The number of aliphatic hydroxyl groups is 1. The average Bonchev–Trinajstić information content (AvgIpc) is 2.79. The van der Waals surface area contributed by atoms with E-state index in [1.165, 1.54) is 35.7 Å². The number of rotatable bonds is 8. The summed E-state index contributed by atoms with van der Waals surface area (Å²) in [6.45, 7) is 3.68. The molecule has 0 heterocycles. The van der Waals surface area contributed by atoms with E-state index in [1.54, 1.807) is 24.3 Å². The minimum atomic E-state index is -4.05. The van der Waals surface area contributed by atoms with Crippen molar-refractivity contribution in [3.63, 3.8) is 0 Å². The Morgan fingerprint density at radius 2 is 1.94 bits per heavy atom. The number of aliphatic hydroxyl groups excluding tert-OH is 1. The molecule has 0 aromatic heterocycles. The highest BCUT2D eigenvalue weighted by atomic mass is 35.5. The number of nitrogens with one attached hydrogen (secondary N) is 1. The molecule has 7 nitrogen and oxygen atoms in total. The molecule has 1 fully saturated rings. The van der Waals surface area contributed by atoms with E-state index in [4.69, 9.17) is 16.3 Å². The van der Waals surface area contributed by atoms with Gasteiger partial charge in [0, 0.05) is 6.04 Å². The lowest BCUT2D eigenvalue weighted by Crippen LogP contribution is -2.38. The van der Waals surface area contributed by atoms with Gasteiger partial charge in [0.05, 0.1) is 40.9 Å². The third kappa shape index (κ3) is 5.26. The molecule has 0 bridgehead atoms. The first-order valence-corrected chi connectivity index (χ1v) is 12.1. The van der Waals surface area contributed by atoms with Gasteiger partial charge in [-0.1, -0.05) is 29.8 Å². The number of sulfonamides is 1. The number of nitrogens with zero attached hydrogens (tertiary/aromatic N) is 1. The second kappa shape index (κ2) is 10.4. The van der Waals surface area contributed by atoms with E-state index in [0.29, 0.717) is 37.1 Å². The lowest BCUT2D eigenvalue weighted by Gasteiger charge is -2.27. The number of benzene rings is 2. The Morgan fingerprint density at radius 1 is 1.25 bits per heavy atom. The fourth-order valence-electron chi connectivity index (χ4n) is 3.73. The predicted molar refractivity (Wildman–Crippen MR) is 125 cm³/mol. The van der Waals surface area contributed by atoms with Crippen molar-refractivity contribution in [3.05, 3.63) is 65.7 Å². The molecule has 2 aromatic rings. The van der Waals surface area contributed by atoms with E-state index < -0.39 is 15.9 Å². The maximum Gasteiger partial charge on any atom is 0.264 e. The number of carbonyl (C=O) groups is 1. The van der Waals surface area contributed by atoms with Crippen LogP contribution < -0.4 is 14.4 Å². The first-order chi connectivity index (χ1) is 15.3. The minimum Gasteiger partial charge on any atom is -0.495 e. The number of ether oxygens (including phenoxy) is 1. The minimum absolute atomic E-state index is 0.0112. The van der Waals surface area contributed by atoms with Gasteiger partial charge < -0.3 is 15.2 Å². The first-order valence-electron chi connectivity index (χ1n) is 10.3. The van der Waals surface area contributed by atoms with Crippen molar-refractivity contribution < 1.29 is 23.1 Å². The number of para-hydroxylation sites is 2. The van der Waals surface area contributed by atoms with E-state index >= 15 is 0 Å². The Bertz CT molecular complexity index is 1080. The highest BCUT2D eigenvalue weighted by Gasteiger charge is 2.28. The summed E-state index contributed by atoms with van der Waals surface area (Å²) in [6.07, 6.45) is 3.68. The molecule has 0 radical (unpaired) electrons. The van der Waals surface area contributed by atoms with Gasteiger partial charge in [-0.3, -0.25) is 9.10 Å². The summed E-state index contributed by atoms with van der Waals surface area (Å²) in [5.74, 6) is -0.0506. The van der Waals surface area contributed by atoms with Gasteiger partial charge in [-0.25, -0.2) is 8.42 Å². The molecular weight excluding hydrogens is 452 g/mol. The second-order valence-corrected chi connectivity index (χ2v) is 9.89. The molecule has 0 unspecified atom stereocenters. The molecule has 1 aliphatic rings. The Morgan fingerprint density at radius 3 is 2.59 bits per heavy atom. The van der Waals surface area contributed by atoms with Crippen LogP contribution >= 0.6 is 11.6 Å². The van der Waals surface area contributed by atoms with Gasteiger partial charge in [0.15, 0.2) is 0 Å². The Kier molecular flexibility index (Phi) is 7.82. The lowest BCUT2D eigenvalue weighted by molar-refractivity contribution is 0.0867. The molecule has 0 atom stereocenters. The number of methoxy groups -OCH3 is 1. The largest absolute Gasteiger partial charge is 0.495 e. The van der Waals surface area contributed by atoms with Gasteiger partial charge in [0.1, 0.15) is 5.75 Å². The van der Waals surface area contributed by atoms with E-state index in [-0.39, 0.29) is 34.2 Å². The molecule has 3 rings (SSSR count). The fraction of sp³-hybridized carbons (Fsp3) is 0.348. The topological polar surface area (TPSA) is 95.9 Å². The van der Waals surface area contributed by atoms with Crippen molar-refractivity contribution in [1.29, 1.82) is 0 Å². The average molecular weight is 479 g/mol. The number of amides is 1. The van der Waals surface area contributed by atoms with Crippen LogP contribution in [0.2, 0.25) is 5.02 Å². The highest BCUT2D eigenvalue weighted by Crippen LogP contribution is 2.33. The van der Waals surface area contributed by atoms with Crippen molar-refractivity contribution in [2.45, 2.75) is 42.7 Å². The summed E-state index contributed by atoms with van der Waals surface area (Å²) >= 11 is 6.24. The maximum absolute atomic E-state index is 13.5. The molecule has 1 aliphatic carbocycles. The first kappa shape index (κ1) is 24.1. The van der Waals surface area contributed by atoms with E-state index in [2.05, 4.69) is 11.9 Å². The number of anilines is 1. The van der Waals surface area contributed by atoms with Crippen LogP contribution in [-0.4, -0.2) is 45.2 Å². The van der Waals surface area contributed by atoms with Gasteiger partial charge in [0.2, 0.25) is 0 Å². The number of halogens is 1. The Balaban J connectivity index is 1.93. The van der Waals surface area contributed by atoms with Crippen molar-refractivity contribution in [1.82, 2.24) is 5.32 Å². The van der Waals surface area contributed by atoms with Crippen LogP contribution in [0.15, 0.2) is 60.0 Å². The smallest absolute Gasteiger partial charge is 0.264 e. The molecule has 32 heavy (non-hydrogen) atoms. The molecule has 2 aromatic carbocycles. The van der Waals surface area contributed by atoms with Crippen molar-refractivity contribution >= 4 is 33.2 Å². The number of hydrogen-bond donors (Lipinski definition) is 2. The van der Waals surface area contributed by atoms with Crippen LogP contribution in [0.5, 0.6) is 5.75 Å². The van der Waals surface area contributed by atoms with Gasteiger partial charge in [-0.15, -0.1) is 6.58 Å². The summed E-state index contributed by atoms with van der Waals surface area (Å²) in [4.78, 5) is 12.8. The zero-order valence-electron chi connectivity index (χ0n) is 17.8. The van der Waals surface area contributed by atoms with Gasteiger partial charge in [-0.2, -0.15) is 0 Å². The highest BCUT2D eigenvalue weighted by molar-refractivity contribution is 7.92. The van der Waals surface area contributed by atoms with Crippen LogP contribution in [-0.2, 0) is 10.0 Å². The number of carbonyl (C=O) groups excluding carboxylic acids is 1. The van der Waals surface area contributed by atoms with Gasteiger partial charge in [-0.05, 0) is 56.0 Å². The van der Waals surface area contributed by atoms with Crippen LogP contribution in [0.1, 0.15) is 36.0 Å². The second-order valence-electron chi connectivity index (χ2n) is 7.62. The molecule has 1 saturated carbocycles. The molecule has 0 aliphatic heterocycles. The zero-order valence-corrected chi connectivity index (χ0v) is 19.4. The molecule has 0 spiro atoms. The third-order valence-electron chi connectivity index (χ3n) is 5.45. The van der Waals surface area contributed by atoms with Crippen LogP contribution in [0.4, 0.5) is 5.69 Å². The van der Waals surface area contributed by atoms with Crippen molar-refractivity contribution in [3.8, 4) is 5.75 Å². The SMILES string of the molecule is C=CCN(c1ccccc1OC)S(=O)(=O)c1ccc(Cl)c(C(=O)NC2CCC(O)CC2)c1. The van der Waals surface area contributed by atoms with Crippen LogP contribution in [0.25, 0.3) is 0 Å². The summed E-state index contributed by atoms with van der Waals surface area (Å²) in [6, 6.07) is 10.7. The summed E-state index contributed by atoms with van der Waals surface area (Å²) in [5, 5.41) is 12.7. The fourth-order valence-corrected chi connectivity index (χ4v) is 5.40. The Hall–Kier alpha value is -2.55.